The van der Waals surface area contributed by atoms with E-state index in [-0.39, 0.29) is 0 Å². The van der Waals surface area contributed by atoms with E-state index in [0.29, 0.717) is 0 Å². The van der Waals surface area contributed by atoms with E-state index in [9.17, 15) is 0 Å². The van der Waals surface area contributed by atoms with Crippen molar-refractivity contribution in [3.8, 4) is 0 Å². The van der Waals surface area contributed by atoms with E-state index in [2.05, 4.69) is 49.3 Å². The molecule has 0 heterocycles. The number of nitrogens with one attached hydrogen (secondary N) is 1. The molecule has 90 valence electrons. The third kappa shape index (κ3) is 3.86. The molecule has 0 aliphatic rings. The van der Waals surface area contributed by atoms with Gasteiger partial charge in [0.15, 0.2) is 0 Å². The van der Waals surface area contributed by atoms with Gasteiger partial charge in [0, 0.05) is 19.3 Å². The Kier molecular flexibility index (Phi) is 5.33. The number of benzene rings is 1. The van der Waals surface area contributed by atoms with E-state index in [1.54, 1.807) is 0 Å². The van der Waals surface area contributed by atoms with Crippen LogP contribution in [0.15, 0.2) is 18.2 Å². The third-order valence-electron chi connectivity index (χ3n) is 2.93. The van der Waals surface area contributed by atoms with Gasteiger partial charge in [0.2, 0.25) is 0 Å². The standard InChI is InChI=1S/C14H24N2/c1-12-7-8-14(13(2)11-12)16(4)10-6-5-9-15-3/h7-8,11,15H,5-6,9-10H2,1-4H3. The fraction of sp³-hybridized carbons (Fsp3) is 0.571. The van der Waals surface area contributed by atoms with E-state index in [0.717, 1.165) is 13.1 Å². The summed E-state index contributed by atoms with van der Waals surface area (Å²) in [6, 6.07) is 6.66. The first-order valence-electron chi connectivity index (χ1n) is 6.08. The van der Waals surface area contributed by atoms with Gasteiger partial charge in [-0.3, -0.25) is 0 Å². The summed E-state index contributed by atoms with van der Waals surface area (Å²) in [7, 11) is 4.19. The number of aryl methyl sites for hydroxylation is 2. The summed E-state index contributed by atoms with van der Waals surface area (Å²) in [5.74, 6) is 0. The Morgan fingerprint density at radius 1 is 1.19 bits per heavy atom. The summed E-state index contributed by atoms with van der Waals surface area (Å²) in [6.07, 6.45) is 2.48. The summed E-state index contributed by atoms with van der Waals surface area (Å²) in [4.78, 5) is 2.35. The molecule has 0 unspecified atom stereocenters. The van der Waals surface area contributed by atoms with E-state index in [1.807, 2.05) is 7.05 Å². The average molecular weight is 220 g/mol. The average Bonchev–Trinajstić information content (AvgIpc) is 2.24. The number of anilines is 1. The van der Waals surface area contributed by atoms with Crippen molar-refractivity contribution in [3.05, 3.63) is 29.3 Å². The van der Waals surface area contributed by atoms with Gasteiger partial charge in [-0.15, -0.1) is 0 Å². The molecule has 0 aliphatic carbocycles. The topological polar surface area (TPSA) is 15.3 Å². The summed E-state index contributed by atoms with van der Waals surface area (Å²) >= 11 is 0. The fourth-order valence-corrected chi connectivity index (χ4v) is 2.00. The van der Waals surface area contributed by atoms with Gasteiger partial charge < -0.3 is 10.2 Å². The minimum absolute atomic E-state index is 1.11. The first kappa shape index (κ1) is 13.0. The van der Waals surface area contributed by atoms with E-state index in [4.69, 9.17) is 0 Å². The van der Waals surface area contributed by atoms with Crippen LogP contribution in [0.5, 0.6) is 0 Å². The van der Waals surface area contributed by atoms with Crippen LogP contribution in [0.3, 0.4) is 0 Å². The predicted molar refractivity (Wildman–Crippen MR) is 72.3 cm³/mol. The molecule has 0 amide bonds. The molecule has 1 rings (SSSR count). The first-order valence-corrected chi connectivity index (χ1v) is 6.08. The SMILES string of the molecule is CNCCCCN(C)c1ccc(C)cc1C. The highest BCUT2D eigenvalue weighted by molar-refractivity contribution is 5.53. The molecule has 0 aliphatic heterocycles. The van der Waals surface area contributed by atoms with Crippen LogP contribution in [-0.4, -0.2) is 27.2 Å². The van der Waals surface area contributed by atoms with Gasteiger partial charge in [0.1, 0.15) is 0 Å². The van der Waals surface area contributed by atoms with Gasteiger partial charge in [-0.25, -0.2) is 0 Å². The Hall–Kier alpha value is -1.02. The number of unbranched alkanes of at least 4 members (excludes halogenated alkanes) is 1. The van der Waals surface area contributed by atoms with Crippen molar-refractivity contribution in [2.75, 3.05) is 32.1 Å². The Bertz CT molecular complexity index is 321. The Labute approximate surface area is 99.7 Å². The lowest BCUT2D eigenvalue weighted by Gasteiger charge is -2.21. The minimum atomic E-state index is 1.11. The molecule has 0 atom stereocenters. The zero-order valence-electron chi connectivity index (χ0n) is 11.0. The molecule has 1 N–H and O–H groups in total. The molecule has 0 bridgehead atoms. The summed E-state index contributed by atoms with van der Waals surface area (Å²) in [6.45, 7) is 6.57. The quantitative estimate of drug-likeness (QED) is 0.742. The van der Waals surface area contributed by atoms with Gasteiger partial charge in [-0.05, 0) is 51.9 Å². The van der Waals surface area contributed by atoms with Crippen LogP contribution in [-0.2, 0) is 0 Å². The van der Waals surface area contributed by atoms with Crippen molar-refractivity contribution in [2.24, 2.45) is 0 Å². The molecule has 0 saturated carbocycles. The molecule has 0 fully saturated rings. The molecule has 2 nitrogen and oxygen atoms in total. The Balaban J connectivity index is 2.49. The molecular weight excluding hydrogens is 196 g/mol. The second-order valence-corrected chi connectivity index (χ2v) is 4.52. The van der Waals surface area contributed by atoms with E-state index in [1.165, 1.54) is 29.7 Å². The van der Waals surface area contributed by atoms with Gasteiger partial charge in [-0.1, -0.05) is 17.7 Å². The van der Waals surface area contributed by atoms with Crippen LogP contribution in [0.25, 0.3) is 0 Å². The summed E-state index contributed by atoms with van der Waals surface area (Å²) in [5.41, 5.74) is 4.07. The zero-order chi connectivity index (χ0) is 12.0. The highest BCUT2D eigenvalue weighted by Gasteiger charge is 2.03. The smallest absolute Gasteiger partial charge is 0.0393 e. The van der Waals surface area contributed by atoms with Crippen molar-refractivity contribution in [1.82, 2.24) is 5.32 Å². The van der Waals surface area contributed by atoms with Crippen LogP contribution in [0.2, 0.25) is 0 Å². The van der Waals surface area contributed by atoms with Crippen LogP contribution < -0.4 is 10.2 Å². The molecule has 0 aromatic heterocycles. The zero-order valence-corrected chi connectivity index (χ0v) is 11.0. The first-order chi connectivity index (χ1) is 7.65. The highest BCUT2D eigenvalue weighted by atomic mass is 15.1. The maximum Gasteiger partial charge on any atom is 0.0393 e. The fourth-order valence-electron chi connectivity index (χ4n) is 2.00. The van der Waals surface area contributed by atoms with Gasteiger partial charge >= 0.3 is 0 Å². The van der Waals surface area contributed by atoms with Gasteiger partial charge in [-0.2, -0.15) is 0 Å². The maximum atomic E-state index is 3.18. The maximum absolute atomic E-state index is 3.18. The molecular formula is C14H24N2. The molecule has 1 aromatic carbocycles. The number of nitrogens with zero attached hydrogens (tertiary/aromatic N) is 1. The monoisotopic (exact) mass is 220 g/mol. The van der Waals surface area contributed by atoms with Crippen molar-refractivity contribution in [2.45, 2.75) is 26.7 Å². The van der Waals surface area contributed by atoms with Crippen molar-refractivity contribution in [1.29, 1.82) is 0 Å². The van der Waals surface area contributed by atoms with Gasteiger partial charge in [0.05, 0.1) is 0 Å². The van der Waals surface area contributed by atoms with Gasteiger partial charge in [0.25, 0.3) is 0 Å². The molecule has 0 radical (unpaired) electrons. The molecule has 2 heteroatoms. The molecule has 16 heavy (non-hydrogen) atoms. The summed E-state index contributed by atoms with van der Waals surface area (Å²) < 4.78 is 0. The number of rotatable bonds is 6. The number of hydrogen-bond acceptors (Lipinski definition) is 2. The van der Waals surface area contributed by atoms with Crippen LogP contribution in [0, 0.1) is 13.8 Å². The summed E-state index contributed by atoms with van der Waals surface area (Å²) in [5, 5.41) is 3.18. The number of hydrogen-bond donors (Lipinski definition) is 1. The molecule has 0 saturated heterocycles. The van der Waals surface area contributed by atoms with Crippen molar-refractivity contribution in [3.63, 3.8) is 0 Å². The second-order valence-electron chi connectivity index (χ2n) is 4.52. The lowest BCUT2D eigenvalue weighted by atomic mass is 10.1. The van der Waals surface area contributed by atoms with Crippen LogP contribution in [0.4, 0.5) is 5.69 Å². The molecule has 0 spiro atoms. The second kappa shape index (κ2) is 6.54. The van der Waals surface area contributed by atoms with Crippen molar-refractivity contribution >= 4 is 5.69 Å². The van der Waals surface area contributed by atoms with E-state index >= 15 is 0 Å². The van der Waals surface area contributed by atoms with Crippen LogP contribution >= 0.6 is 0 Å². The minimum Gasteiger partial charge on any atom is -0.374 e. The van der Waals surface area contributed by atoms with E-state index < -0.39 is 0 Å². The Morgan fingerprint density at radius 2 is 1.94 bits per heavy atom. The predicted octanol–water partition coefficient (Wildman–Crippen LogP) is 2.74. The van der Waals surface area contributed by atoms with Crippen LogP contribution in [0.1, 0.15) is 24.0 Å². The third-order valence-corrected chi connectivity index (χ3v) is 2.93. The molecule has 1 aromatic rings. The Morgan fingerprint density at radius 3 is 2.56 bits per heavy atom. The van der Waals surface area contributed by atoms with Crippen molar-refractivity contribution < 1.29 is 0 Å². The lowest BCUT2D eigenvalue weighted by molar-refractivity contribution is 0.670. The normalized spacial score (nSPS) is 10.5. The largest absolute Gasteiger partial charge is 0.374 e. The lowest BCUT2D eigenvalue weighted by Crippen LogP contribution is -2.20. The highest BCUT2D eigenvalue weighted by Crippen LogP contribution is 2.20.